The van der Waals surface area contributed by atoms with Gasteiger partial charge in [0.25, 0.3) is 5.56 Å². The summed E-state index contributed by atoms with van der Waals surface area (Å²) in [7, 11) is -2.96. The summed E-state index contributed by atoms with van der Waals surface area (Å²) in [6.45, 7) is 2.05. The second-order valence-corrected chi connectivity index (χ2v) is 7.76. The van der Waals surface area contributed by atoms with E-state index in [1.54, 1.807) is 19.2 Å². The third kappa shape index (κ3) is 2.65. The van der Waals surface area contributed by atoms with Crippen LogP contribution in [0.1, 0.15) is 12.0 Å². The fraction of sp³-hybridized carbons (Fsp3) is 0.429. The Morgan fingerprint density at radius 1 is 1.38 bits per heavy atom. The number of aryl methyl sites for hydroxylation is 1. The van der Waals surface area contributed by atoms with E-state index >= 15 is 0 Å². The van der Waals surface area contributed by atoms with Crippen molar-refractivity contribution in [3.8, 4) is 0 Å². The summed E-state index contributed by atoms with van der Waals surface area (Å²) in [6, 6.07) is 2.86. The molecule has 1 aliphatic heterocycles. The Kier molecular flexibility index (Phi) is 3.24. The van der Waals surface area contributed by atoms with Gasteiger partial charge < -0.3 is 8.98 Å². The number of hydrogen-bond donors (Lipinski definition) is 0. The van der Waals surface area contributed by atoms with Crippen LogP contribution in [0.15, 0.2) is 32.3 Å². The lowest BCUT2D eigenvalue weighted by Crippen LogP contribution is -2.25. The van der Waals surface area contributed by atoms with Gasteiger partial charge in [-0.3, -0.25) is 4.79 Å². The van der Waals surface area contributed by atoms with Crippen molar-refractivity contribution >= 4 is 20.8 Å². The first-order chi connectivity index (χ1) is 9.85. The topological polar surface area (TPSA) is 86.3 Å². The maximum Gasteiger partial charge on any atom is 0.336 e. The fourth-order valence-electron chi connectivity index (χ4n) is 2.83. The third-order valence-electron chi connectivity index (χ3n) is 3.85. The first-order valence-corrected chi connectivity index (χ1v) is 8.52. The molecule has 0 saturated carbocycles. The van der Waals surface area contributed by atoms with Gasteiger partial charge in [-0.25, -0.2) is 13.2 Å². The van der Waals surface area contributed by atoms with E-state index < -0.39 is 15.5 Å². The number of fused-ring (bicyclic) bond motifs is 1. The van der Waals surface area contributed by atoms with Crippen molar-refractivity contribution in [3.63, 3.8) is 0 Å². The zero-order valence-corrected chi connectivity index (χ0v) is 12.4. The van der Waals surface area contributed by atoms with Crippen LogP contribution in [-0.2, 0) is 16.4 Å². The number of sulfone groups is 1. The lowest BCUT2D eigenvalue weighted by molar-refractivity contribution is 0.480. The zero-order chi connectivity index (χ0) is 15.2. The molecule has 0 spiro atoms. The molecule has 0 N–H and O–H groups in total. The molecule has 3 rings (SSSR count). The SMILES string of the molecule is Cc1cc(=O)oc2ccn(CC3CCS(=O)(=O)C3)c(=O)c12. The van der Waals surface area contributed by atoms with Crippen LogP contribution in [0.3, 0.4) is 0 Å². The van der Waals surface area contributed by atoms with Crippen molar-refractivity contribution < 1.29 is 12.8 Å². The molecule has 0 radical (unpaired) electrons. The fourth-order valence-corrected chi connectivity index (χ4v) is 4.68. The molecule has 0 aliphatic carbocycles. The molecule has 1 atom stereocenters. The van der Waals surface area contributed by atoms with Crippen LogP contribution in [0.5, 0.6) is 0 Å². The molecule has 1 saturated heterocycles. The Bertz CT molecular complexity index is 923. The van der Waals surface area contributed by atoms with Crippen molar-refractivity contribution in [1.82, 2.24) is 4.57 Å². The van der Waals surface area contributed by atoms with Gasteiger partial charge in [0, 0.05) is 18.8 Å². The largest absolute Gasteiger partial charge is 0.422 e. The average molecular weight is 309 g/mol. The summed E-state index contributed by atoms with van der Waals surface area (Å²) in [5.41, 5.74) is 0.0945. The number of pyridine rings is 1. The molecule has 1 fully saturated rings. The highest BCUT2D eigenvalue weighted by molar-refractivity contribution is 7.91. The zero-order valence-electron chi connectivity index (χ0n) is 11.5. The van der Waals surface area contributed by atoms with Gasteiger partial charge in [0.2, 0.25) is 0 Å². The highest BCUT2D eigenvalue weighted by atomic mass is 32.2. The molecular weight excluding hydrogens is 294 g/mol. The minimum Gasteiger partial charge on any atom is -0.422 e. The van der Waals surface area contributed by atoms with E-state index in [2.05, 4.69) is 0 Å². The second kappa shape index (κ2) is 4.84. The van der Waals surface area contributed by atoms with Crippen LogP contribution >= 0.6 is 0 Å². The molecular formula is C14H15NO5S. The third-order valence-corrected chi connectivity index (χ3v) is 5.68. The molecule has 21 heavy (non-hydrogen) atoms. The molecule has 112 valence electrons. The molecule has 1 aliphatic rings. The molecule has 6 nitrogen and oxygen atoms in total. The Morgan fingerprint density at radius 3 is 2.81 bits per heavy atom. The van der Waals surface area contributed by atoms with Crippen molar-refractivity contribution in [3.05, 3.63) is 44.7 Å². The van der Waals surface area contributed by atoms with E-state index in [9.17, 15) is 18.0 Å². The van der Waals surface area contributed by atoms with Crippen molar-refractivity contribution in [2.45, 2.75) is 19.9 Å². The summed E-state index contributed by atoms with van der Waals surface area (Å²) in [6.07, 6.45) is 2.13. The summed E-state index contributed by atoms with van der Waals surface area (Å²) in [5, 5.41) is 0.373. The Balaban J connectivity index is 2.03. The number of aromatic nitrogens is 1. The minimum atomic E-state index is -2.96. The number of nitrogens with zero attached hydrogens (tertiary/aromatic N) is 1. The van der Waals surface area contributed by atoms with Gasteiger partial charge in [0.15, 0.2) is 9.84 Å². The summed E-state index contributed by atoms with van der Waals surface area (Å²) < 4.78 is 29.5. The van der Waals surface area contributed by atoms with Crippen LogP contribution in [0.2, 0.25) is 0 Å². The first kappa shape index (κ1) is 14.1. The quantitative estimate of drug-likeness (QED) is 0.815. The van der Waals surface area contributed by atoms with Crippen molar-refractivity contribution in [1.29, 1.82) is 0 Å². The standard InChI is InChI=1S/C14H15NO5S/c1-9-6-12(16)20-11-2-4-15(14(17)13(9)11)7-10-3-5-21(18,19)8-10/h2,4,6,10H,3,5,7-8H2,1H3. The van der Waals surface area contributed by atoms with Gasteiger partial charge in [-0.1, -0.05) is 0 Å². The normalized spacial score (nSPS) is 20.9. The molecule has 0 aromatic carbocycles. The van der Waals surface area contributed by atoms with Crippen LogP contribution in [0.4, 0.5) is 0 Å². The highest BCUT2D eigenvalue weighted by Gasteiger charge is 2.28. The van der Waals surface area contributed by atoms with Crippen molar-refractivity contribution in [2.75, 3.05) is 11.5 Å². The van der Waals surface area contributed by atoms with Gasteiger partial charge >= 0.3 is 5.63 Å². The lowest BCUT2D eigenvalue weighted by atomic mass is 10.1. The van der Waals surface area contributed by atoms with E-state index in [0.717, 1.165) is 0 Å². The maximum absolute atomic E-state index is 12.5. The van der Waals surface area contributed by atoms with Crippen LogP contribution in [-0.4, -0.2) is 24.5 Å². The monoisotopic (exact) mass is 309 g/mol. The number of hydrogen-bond acceptors (Lipinski definition) is 5. The molecule has 0 amide bonds. The molecule has 1 unspecified atom stereocenters. The summed E-state index contributed by atoms with van der Waals surface area (Å²) in [5.74, 6) is 0.273. The molecule has 2 aromatic heterocycles. The van der Waals surface area contributed by atoms with Crippen LogP contribution in [0.25, 0.3) is 11.0 Å². The summed E-state index contributed by atoms with van der Waals surface area (Å²) >= 11 is 0. The molecule has 7 heteroatoms. The van der Waals surface area contributed by atoms with Gasteiger partial charge in [0.1, 0.15) is 5.58 Å². The smallest absolute Gasteiger partial charge is 0.336 e. The van der Waals surface area contributed by atoms with E-state index in [-0.39, 0.29) is 28.6 Å². The minimum absolute atomic E-state index is 0.0406. The van der Waals surface area contributed by atoms with Gasteiger partial charge in [-0.05, 0) is 30.9 Å². The number of rotatable bonds is 2. The average Bonchev–Trinajstić information content (AvgIpc) is 2.71. The molecule has 3 heterocycles. The van der Waals surface area contributed by atoms with E-state index in [1.165, 1.54) is 10.6 Å². The maximum atomic E-state index is 12.5. The Morgan fingerprint density at radius 2 is 2.14 bits per heavy atom. The summed E-state index contributed by atoms with van der Waals surface area (Å²) in [4.78, 5) is 23.8. The van der Waals surface area contributed by atoms with E-state index in [4.69, 9.17) is 4.42 Å². The predicted octanol–water partition coefficient (Wildman–Crippen LogP) is 0.698. The first-order valence-electron chi connectivity index (χ1n) is 6.70. The van der Waals surface area contributed by atoms with Crippen LogP contribution < -0.4 is 11.2 Å². The van der Waals surface area contributed by atoms with Gasteiger partial charge in [-0.2, -0.15) is 0 Å². The Hall–Kier alpha value is -1.89. The van der Waals surface area contributed by atoms with Crippen LogP contribution in [0, 0.1) is 12.8 Å². The lowest BCUT2D eigenvalue weighted by Gasteiger charge is -2.11. The highest BCUT2D eigenvalue weighted by Crippen LogP contribution is 2.20. The van der Waals surface area contributed by atoms with Gasteiger partial charge in [0.05, 0.1) is 16.9 Å². The predicted molar refractivity (Wildman–Crippen MR) is 78.2 cm³/mol. The molecule has 2 aromatic rings. The Labute approximate surface area is 120 Å². The van der Waals surface area contributed by atoms with E-state index in [1.807, 2.05) is 0 Å². The van der Waals surface area contributed by atoms with E-state index in [0.29, 0.717) is 23.9 Å². The van der Waals surface area contributed by atoms with Gasteiger partial charge in [-0.15, -0.1) is 0 Å². The second-order valence-electron chi connectivity index (χ2n) is 5.53. The van der Waals surface area contributed by atoms with Crippen molar-refractivity contribution in [2.24, 2.45) is 5.92 Å². The molecule has 0 bridgehead atoms.